The van der Waals surface area contributed by atoms with Crippen molar-refractivity contribution < 1.29 is 0 Å². The molecule has 0 aromatic heterocycles. The van der Waals surface area contributed by atoms with Crippen molar-refractivity contribution in [3.63, 3.8) is 0 Å². The Morgan fingerprint density at radius 2 is 1.74 bits per heavy atom. The van der Waals surface area contributed by atoms with Crippen LogP contribution in [0.1, 0.15) is 51.9 Å². The molecular formula is C21H32N2. The summed E-state index contributed by atoms with van der Waals surface area (Å²) in [7, 11) is 0. The van der Waals surface area contributed by atoms with Crippen LogP contribution in [0.25, 0.3) is 0 Å². The molecule has 3 fully saturated rings. The molecule has 1 atom stereocenters. The fraction of sp³-hybridized carbons (Fsp3) is 0.714. The molecule has 2 saturated carbocycles. The number of benzene rings is 1. The Balaban J connectivity index is 1.22. The lowest BCUT2D eigenvalue weighted by Gasteiger charge is -2.35. The Bertz CT molecular complexity index is 496. The molecule has 1 heterocycles. The third-order valence-electron chi connectivity index (χ3n) is 6.91. The SMILES string of the molecule is CC1CCC(NCC2CC23CCN(c2ccccc2)CC3)CC1. The highest BCUT2D eigenvalue weighted by atomic mass is 15.1. The summed E-state index contributed by atoms with van der Waals surface area (Å²) >= 11 is 0. The smallest absolute Gasteiger partial charge is 0.0366 e. The third kappa shape index (κ3) is 3.42. The molecule has 1 saturated heterocycles. The quantitative estimate of drug-likeness (QED) is 0.883. The number of hydrogen-bond donors (Lipinski definition) is 1. The van der Waals surface area contributed by atoms with Crippen molar-refractivity contribution in [3.05, 3.63) is 30.3 Å². The molecule has 126 valence electrons. The summed E-state index contributed by atoms with van der Waals surface area (Å²) in [6.45, 7) is 6.19. The van der Waals surface area contributed by atoms with Gasteiger partial charge in [-0.05, 0) is 80.9 Å². The van der Waals surface area contributed by atoms with Gasteiger partial charge in [0.1, 0.15) is 0 Å². The second kappa shape index (κ2) is 6.47. The van der Waals surface area contributed by atoms with E-state index in [0.29, 0.717) is 5.41 Å². The second-order valence-electron chi connectivity index (χ2n) is 8.45. The molecule has 0 radical (unpaired) electrons. The van der Waals surface area contributed by atoms with Crippen LogP contribution in [0.15, 0.2) is 30.3 Å². The normalized spacial score (nSPS) is 32.9. The lowest BCUT2D eigenvalue weighted by Crippen LogP contribution is -2.38. The summed E-state index contributed by atoms with van der Waals surface area (Å²) in [5, 5.41) is 3.90. The average Bonchev–Trinajstić information content (AvgIpc) is 3.28. The van der Waals surface area contributed by atoms with Gasteiger partial charge in [0.25, 0.3) is 0 Å². The second-order valence-corrected chi connectivity index (χ2v) is 8.45. The van der Waals surface area contributed by atoms with Gasteiger partial charge < -0.3 is 10.2 Å². The van der Waals surface area contributed by atoms with Gasteiger partial charge in [0.15, 0.2) is 0 Å². The topological polar surface area (TPSA) is 15.3 Å². The first-order chi connectivity index (χ1) is 11.3. The maximum absolute atomic E-state index is 3.90. The van der Waals surface area contributed by atoms with Crippen LogP contribution in [-0.4, -0.2) is 25.7 Å². The van der Waals surface area contributed by atoms with Crippen molar-refractivity contribution in [3.8, 4) is 0 Å². The molecule has 0 amide bonds. The number of hydrogen-bond acceptors (Lipinski definition) is 2. The summed E-state index contributed by atoms with van der Waals surface area (Å²) in [6, 6.07) is 11.8. The van der Waals surface area contributed by atoms with Gasteiger partial charge in [0, 0.05) is 24.8 Å². The predicted octanol–water partition coefficient (Wildman–Crippen LogP) is 4.46. The molecule has 1 aromatic carbocycles. The zero-order valence-corrected chi connectivity index (χ0v) is 14.6. The molecule has 1 unspecified atom stereocenters. The number of nitrogens with one attached hydrogen (secondary N) is 1. The van der Waals surface area contributed by atoms with E-state index in [4.69, 9.17) is 0 Å². The van der Waals surface area contributed by atoms with Gasteiger partial charge in [0.2, 0.25) is 0 Å². The first-order valence-electron chi connectivity index (χ1n) is 9.79. The van der Waals surface area contributed by atoms with Crippen molar-refractivity contribution in [2.45, 2.75) is 57.9 Å². The summed E-state index contributed by atoms with van der Waals surface area (Å²) in [5.74, 6) is 1.92. The summed E-state index contributed by atoms with van der Waals surface area (Å²) < 4.78 is 0. The van der Waals surface area contributed by atoms with Gasteiger partial charge in [-0.15, -0.1) is 0 Å². The van der Waals surface area contributed by atoms with E-state index in [9.17, 15) is 0 Å². The van der Waals surface area contributed by atoms with Crippen LogP contribution in [-0.2, 0) is 0 Å². The minimum Gasteiger partial charge on any atom is -0.371 e. The predicted molar refractivity (Wildman–Crippen MR) is 97.9 cm³/mol. The molecule has 1 aromatic rings. The fourth-order valence-corrected chi connectivity index (χ4v) is 4.96. The van der Waals surface area contributed by atoms with Crippen LogP contribution < -0.4 is 10.2 Å². The van der Waals surface area contributed by atoms with E-state index >= 15 is 0 Å². The van der Waals surface area contributed by atoms with Crippen LogP contribution in [0.2, 0.25) is 0 Å². The van der Waals surface area contributed by atoms with Crippen molar-refractivity contribution in [1.29, 1.82) is 0 Å². The molecule has 2 heteroatoms. The maximum atomic E-state index is 3.90. The first-order valence-corrected chi connectivity index (χ1v) is 9.79. The number of piperidine rings is 1. The molecule has 1 spiro atoms. The van der Waals surface area contributed by atoms with Gasteiger partial charge in [-0.1, -0.05) is 25.1 Å². The van der Waals surface area contributed by atoms with Crippen LogP contribution >= 0.6 is 0 Å². The van der Waals surface area contributed by atoms with E-state index in [2.05, 4.69) is 47.5 Å². The van der Waals surface area contributed by atoms with Crippen molar-refractivity contribution >= 4 is 5.69 Å². The molecule has 2 nitrogen and oxygen atoms in total. The third-order valence-corrected chi connectivity index (χ3v) is 6.91. The van der Waals surface area contributed by atoms with Crippen LogP contribution in [0, 0.1) is 17.3 Å². The monoisotopic (exact) mass is 312 g/mol. The van der Waals surface area contributed by atoms with Gasteiger partial charge in [-0.3, -0.25) is 0 Å². The minimum absolute atomic E-state index is 0.695. The number of anilines is 1. The highest BCUT2D eigenvalue weighted by Gasteiger charge is 2.54. The molecule has 2 aliphatic carbocycles. The number of nitrogens with zero attached hydrogens (tertiary/aromatic N) is 1. The van der Waals surface area contributed by atoms with E-state index in [1.165, 1.54) is 70.3 Å². The molecule has 0 bridgehead atoms. The van der Waals surface area contributed by atoms with E-state index in [-0.39, 0.29) is 0 Å². The van der Waals surface area contributed by atoms with Crippen molar-refractivity contribution in [1.82, 2.24) is 5.32 Å². The molecule has 4 rings (SSSR count). The van der Waals surface area contributed by atoms with Crippen LogP contribution in [0.4, 0.5) is 5.69 Å². The molecule has 1 aliphatic heterocycles. The Morgan fingerprint density at radius 3 is 2.43 bits per heavy atom. The fourth-order valence-electron chi connectivity index (χ4n) is 4.96. The highest BCUT2D eigenvalue weighted by molar-refractivity contribution is 5.46. The Labute approximate surface area is 141 Å². The number of rotatable bonds is 4. The van der Waals surface area contributed by atoms with Gasteiger partial charge in [-0.25, -0.2) is 0 Å². The minimum atomic E-state index is 0.695. The summed E-state index contributed by atoms with van der Waals surface area (Å²) in [6.07, 6.45) is 9.95. The van der Waals surface area contributed by atoms with Gasteiger partial charge in [0.05, 0.1) is 0 Å². The van der Waals surface area contributed by atoms with Crippen LogP contribution in [0.3, 0.4) is 0 Å². The van der Waals surface area contributed by atoms with Gasteiger partial charge >= 0.3 is 0 Å². The molecule has 1 N–H and O–H groups in total. The zero-order chi connectivity index (χ0) is 15.7. The zero-order valence-electron chi connectivity index (χ0n) is 14.6. The lowest BCUT2D eigenvalue weighted by atomic mass is 9.87. The van der Waals surface area contributed by atoms with Gasteiger partial charge in [-0.2, -0.15) is 0 Å². The molecular weight excluding hydrogens is 280 g/mol. The average molecular weight is 313 g/mol. The van der Waals surface area contributed by atoms with Crippen molar-refractivity contribution in [2.24, 2.45) is 17.3 Å². The van der Waals surface area contributed by atoms with E-state index < -0.39 is 0 Å². The van der Waals surface area contributed by atoms with Crippen LogP contribution in [0.5, 0.6) is 0 Å². The molecule has 3 aliphatic rings. The van der Waals surface area contributed by atoms with E-state index in [1.54, 1.807) is 0 Å². The lowest BCUT2D eigenvalue weighted by molar-refractivity contribution is 0.290. The largest absolute Gasteiger partial charge is 0.371 e. The Kier molecular flexibility index (Phi) is 4.36. The maximum Gasteiger partial charge on any atom is 0.0366 e. The Hall–Kier alpha value is -1.02. The standard InChI is InChI=1S/C21H32N2/c1-17-7-9-19(10-8-17)22-16-18-15-21(18)11-13-23(14-12-21)20-5-3-2-4-6-20/h2-6,17-19,22H,7-16H2,1H3. The van der Waals surface area contributed by atoms with E-state index in [0.717, 1.165) is 17.9 Å². The number of para-hydroxylation sites is 1. The van der Waals surface area contributed by atoms with E-state index in [1.807, 2.05) is 0 Å². The summed E-state index contributed by atoms with van der Waals surface area (Å²) in [5.41, 5.74) is 2.11. The highest BCUT2D eigenvalue weighted by Crippen LogP contribution is 2.59. The van der Waals surface area contributed by atoms with Crippen molar-refractivity contribution in [2.75, 3.05) is 24.5 Å². The Morgan fingerprint density at radius 1 is 1.04 bits per heavy atom. The first kappa shape index (κ1) is 15.5. The molecule has 23 heavy (non-hydrogen) atoms. The summed E-state index contributed by atoms with van der Waals surface area (Å²) in [4.78, 5) is 2.58.